The van der Waals surface area contributed by atoms with Crippen molar-refractivity contribution in [2.24, 2.45) is 0 Å². The molecule has 1 atom stereocenters. The summed E-state index contributed by atoms with van der Waals surface area (Å²) in [5.41, 5.74) is 0.568. The third kappa shape index (κ3) is 3.67. The summed E-state index contributed by atoms with van der Waals surface area (Å²) >= 11 is 6.53. The Balaban J connectivity index is 2.13. The molecule has 0 aromatic heterocycles. The van der Waals surface area contributed by atoms with E-state index in [1.165, 1.54) is 18.2 Å². The molecule has 20 heavy (non-hydrogen) atoms. The fourth-order valence-electron chi connectivity index (χ4n) is 1.66. The van der Waals surface area contributed by atoms with Gasteiger partial charge < -0.3 is 4.74 Å². The minimum absolute atomic E-state index is 0.131. The monoisotopic (exact) mass is 400 g/mol. The SMILES string of the molecule is CC(Oc1ccc(F)cc1Br)C(=O)c1ccc(Br)cc1. The molecule has 0 aliphatic heterocycles. The van der Waals surface area contributed by atoms with Crippen molar-refractivity contribution in [3.05, 3.63) is 62.8 Å². The normalized spacial score (nSPS) is 12.0. The van der Waals surface area contributed by atoms with Crippen LogP contribution >= 0.6 is 31.9 Å². The highest BCUT2D eigenvalue weighted by Crippen LogP contribution is 2.27. The van der Waals surface area contributed by atoms with E-state index in [1.54, 1.807) is 31.2 Å². The lowest BCUT2D eigenvalue weighted by Crippen LogP contribution is -2.24. The predicted molar refractivity (Wildman–Crippen MR) is 82.7 cm³/mol. The molecular weight excluding hydrogens is 391 g/mol. The molecule has 0 saturated heterocycles. The van der Waals surface area contributed by atoms with Crippen molar-refractivity contribution < 1.29 is 13.9 Å². The van der Waals surface area contributed by atoms with E-state index in [1.807, 2.05) is 0 Å². The van der Waals surface area contributed by atoms with Gasteiger partial charge in [-0.1, -0.05) is 28.1 Å². The van der Waals surface area contributed by atoms with Crippen LogP contribution in [0, 0.1) is 5.82 Å². The summed E-state index contributed by atoms with van der Waals surface area (Å²) in [4.78, 5) is 12.2. The van der Waals surface area contributed by atoms with Crippen LogP contribution in [-0.2, 0) is 0 Å². The summed E-state index contributed by atoms with van der Waals surface area (Å²) < 4.78 is 19.9. The van der Waals surface area contributed by atoms with Crippen molar-refractivity contribution in [2.75, 3.05) is 0 Å². The first-order valence-electron chi connectivity index (χ1n) is 5.89. The zero-order valence-electron chi connectivity index (χ0n) is 10.6. The Morgan fingerprint density at radius 2 is 1.80 bits per heavy atom. The standard InChI is InChI=1S/C15H11Br2FO2/c1-9(15(19)10-2-4-11(16)5-3-10)20-14-7-6-12(18)8-13(14)17/h2-9H,1H3. The van der Waals surface area contributed by atoms with E-state index in [-0.39, 0.29) is 11.6 Å². The van der Waals surface area contributed by atoms with E-state index >= 15 is 0 Å². The first-order valence-corrected chi connectivity index (χ1v) is 7.47. The lowest BCUT2D eigenvalue weighted by molar-refractivity contribution is 0.0817. The van der Waals surface area contributed by atoms with Gasteiger partial charge in [-0.15, -0.1) is 0 Å². The fourth-order valence-corrected chi connectivity index (χ4v) is 2.37. The maximum absolute atomic E-state index is 13.0. The second-order valence-electron chi connectivity index (χ2n) is 4.21. The highest BCUT2D eigenvalue weighted by Gasteiger charge is 2.18. The van der Waals surface area contributed by atoms with Gasteiger partial charge in [0.15, 0.2) is 6.10 Å². The minimum Gasteiger partial charge on any atom is -0.481 e. The van der Waals surface area contributed by atoms with Crippen LogP contribution in [0.1, 0.15) is 17.3 Å². The van der Waals surface area contributed by atoms with Gasteiger partial charge in [-0.2, -0.15) is 0 Å². The van der Waals surface area contributed by atoms with Crippen LogP contribution in [0.15, 0.2) is 51.4 Å². The van der Waals surface area contributed by atoms with Crippen molar-refractivity contribution in [2.45, 2.75) is 13.0 Å². The Morgan fingerprint density at radius 1 is 1.15 bits per heavy atom. The molecule has 0 radical (unpaired) electrons. The van der Waals surface area contributed by atoms with Crippen LogP contribution in [0.5, 0.6) is 5.75 Å². The molecular formula is C15H11Br2FO2. The number of carbonyl (C=O) groups is 1. The molecule has 0 saturated carbocycles. The number of hydrogen-bond acceptors (Lipinski definition) is 2. The highest BCUT2D eigenvalue weighted by atomic mass is 79.9. The second-order valence-corrected chi connectivity index (χ2v) is 5.98. The maximum Gasteiger partial charge on any atom is 0.202 e. The molecule has 0 aliphatic carbocycles. The quantitative estimate of drug-likeness (QED) is 0.673. The van der Waals surface area contributed by atoms with Crippen molar-refractivity contribution >= 4 is 37.6 Å². The second kappa shape index (κ2) is 6.50. The molecule has 0 fully saturated rings. The van der Waals surface area contributed by atoms with Crippen LogP contribution in [0.2, 0.25) is 0 Å². The maximum atomic E-state index is 13.0. The van der Waals surface area contributed by atoms with Crippen LogP contribution in [-0.4, -0.2) is 11.9 Å². The zero-order valence-corrected chi connectivity index (χ0v) is 13.7. The van der Waals surface area contributed by atoms with Gasteiger partial charge in [-0.3, -0.25) is 4.79 Å². The third-order valence-electron chi connectivity index (χ3n) is 2.70. The highest BCUT2D eigenvalue weighted by molar-refractivity contribution is 9.10. The number of hydrogen-bond donors (Lipinski definition) is 0. The molecule has 1 unspecified atom stereocenters. The number of ketones is 1. The van der Waals surface area contributed by atoms with Crippen LogP contribution in [0.3, 0.4) is 0 Å². The van der Waals surface area contributed by atoms with Gasteiger partial charge in [-0.25, -0.2) is 4.39 Å². The van der Waals surface area contributed by atoms with Crippen molar-refractivity contribution in [1.82, 2.24) is 0 Å². The van der Waals surface area contributed by atoms with Crippen molar-refractivity contribution in [1.29, 1.82) is 0 Å². The summed E-state index contributed by atoms with van der Waals surface area (Å²) in [6.45, 7) is 1.67. The third-order valence-corrected chi connectivity index (χ3v) is 3.84. The van der Waals surface area contributed by atoms with E-state index < -0.39 is 6.10 Å². The van der Waals surface area contributed by atoms with Gasteiger partial charge in [0.05, 0.1) is 4.47 Å². The molecule has 5 heteroatoms. The molecule has 0 N–H and O–H groups in total. The Labute approximate surface area is 133 Å². The van der Waals surface area contributed by atoms with Gasteiger partial charge in [0.1, 0.15) is 11.6 Å². The number of ether oxygens (including phenoxy) is 1. The first-order chi connectivity index (χ1) is 9.47. The molecule has 0 bridgehead atoms. The summed E-state index contributed by atoms with van der Waals surface area (Å²) in [5, 5.41) is 0. The van der Waals surface area contributed by atoms with E-state index in [0.29, 0.717) is 15.8 Å². The average Bonchev–Trinajstić information content (AvgIpc) is 2.42. The predicted octanol–water partition coefficient (Wildman–Crippen LogP) is 5.00. The number of Topliss-reactive ketones (excluding diaryl/α,β-unsaturated/α-hetero) is 1. The Morgan fingerprint density at radius 3 is 2.40 bits per heavy atom. The molecule has 0 heterocycles. The molecule has 0 aliphatic rings. The molecule has 2 rings (SSSR count). The van der Waals surface area contributed by atoms with E-state index in [2.05, 4.69) is 31.9 Å². The fraction of sp³-hybridized carbons (Fsp3) is 0.133. The van der Waals surface area contributed by atoms with Crippen LogP contribution in [0.25, 0.3) is 0 Å². The van der Waals surface area contributed by atoms with E-state index in [4.69, 9.17) is 4.74 Å². The number of rotatable bonds is 4. The number of halogens is 3. The lowest BCUT2D eigenvalue weighted by Gasteiger charge is -2.15. The molecule has 2 aromatic rings. The topological polar surface area (TPSA) is 26.3 Å². The Kier molecular flexibility index (Phi) is 4.94. The van der Waals surface area contributed by atoms with E-state index in [0.717, 1.165) is 4.47 Å². The van der Waals surface area contributed by atoms with Gasteiger partial charge in [0.2, 0.25) is 5.78 Å². The largest absolute Gasteiger partial charge is 0.481 e. The van der Waals surface area contributed by atoms with Crippen LogP contribution < -0.4 is 4.74 Å². The van der Waals surface area contributed by atoms with Crippen LogP contribution in [0.4, 0.5) is 4.39 Å². The smallest absolute Gasteiger partial charge is 0.202 e. The van der Waals surface area contributed by atoms with Gasteiger partial charge >= 0.3 is 0 Å². The van der Waals surface area contributed by atoms with Crippen molar-refractivity contribution in [3.63, 3.8) is 0 Å². The van der Waals surface area contributed by atoms with E-state index in [9.17, 15) is 9.18 Å². The lowest BCUT2D eigenvalue weighted by atomic mass is 10.1. The summed E-state index contributed by atoms with van der Waals surface area (Å²) in [6, 6.07) is 11.1. The Bertz CT molecular complexity index is 626. The van der Waals surface area contributed by atoms with Gasteiger partial charge in [-0.05, 0) is 53.2 Å². The van der Waals surface area contributed by atoms with Gasteiger partial charge in [0.25, 0.3) is 0 Å². The molecule has 0 amide bonds. The molecule has 104 valence electrons. The number of benzene rings is 2. The Hall–Kier alpha value is -1.20. The minimum atomic E-state index is -0.655. The molecule has 2 nitrogen and oxygen atoms in total. The van der Waals surface area contributed by atoms with Crippen molar-refractivity contribution in [3.8, 4) is 5.75 Å². The summed E-state index contributed by atoms with van der Waals surface area (Å²) in [7, 11) is 0. The number of carbonyl (C=O) groups excluding carboxylic acids is 1. The zero-order chi connectivity index (χ0) is 14.7. The molecule has 2 aromatic carbocycles. The summed E-state index contributed by atoms with van der Waals surface area (Å²) in [5.74, 6) is -0.0609. The molecule has 0 spiro atoms. The first kappa shape index (κ1) is 15.2. The summed E-state index contributed by atoms with van der Waals surface area (Å²) in [6.07, 6.45) is -0.655. The van der Waals surface area contributed by atoms with Gasteiger partial charge in [0, 0.05) is 10.0 Å². The average molecular weight is 402 g/mol.